The first-order valence-electron chi connectivity index (χ1n) is 5.87. The number of rotatable bonds is 3. The maximum atomic E-state index is 12.0. The lowest BCUT2D eigenvalue weighted by Crippen LogP contribution is -2.19. The van der Waals surface area contributed by atoms with Gasteiger partial charge in [-0.3, -0.25) is 9.59 Å². The van der Waals surface area contributed by atoms with Crippen molar-refractivity contribution in [3.8, 4) is 0 Å². The molecule has 1 aromatic heterocycles. The molecule has 0 saturated carbocycles. The third-order valence-electron chi connectivity index (χ3n) is 2.69. The number of amides is 1. The molecule has 19 heavy (non-hydrogen) atoms. The Labute approximate surface area is 115 Å². The van der Waals surface area contributed by atoms with E-state index < -0.39 is 0 Å². The lowest BCUT2D eigenvalue weighted by atomic mass is 10.2. The highest BCUT2D eigenvalue weighted by Gasteiger charge is 2.06. The highest BCUT2D eigenvalue weighted by atomic mass is 35.5. The van der Waals surface area contributed by atoms with Crippen LogP contribution < -0.4 is 10.9 Å². The highest BCUT2D eigenvalue weighted by Crippen LogP contribution is 2.11. The first-order valence-corrected chi connectivity index (χ1v) is 6.25. The van der Waals surface area contributed by atoms with Crippen LogP contribution >= 0.6 is 11.6 Å². The lowest BCUT2D eigenvalue weighted by molar-refractivity contribution is 0.102. The zero-order chi connectivity index (χ0) is 13.8. The molecular weight excluding hydrogens is 264 g/mol. The van der Waals surface area contributed by atoms with Gasteiger partial charge in [0.05, 0.1) is 5.69 Å². The molecule has 0 atom stereocenters. The van der Waals surface area contributed by atoms with Crippen molar-refractivity contribution in [2.75, 3.05) is 5.32 Å². The van der Waals surface area contributed by atoms with E-state index in [1.165, 1.54) is 10.6 Å². The van der Waals surface area contributed by atoms with E-state index in [4.69, 9.17) is 11.6 Å². The van der Waals surface area contributed by atoms with Gasteiger partial charge < -0.3 is 9.88 Å². The molecule has 4 nitrogen and oxygen atoms in total. The second kappa shape index (κ2) is 5.71. The largest absolute Gasteiger partial charge is 0.321 e. The van der Waals surface area contributed by atoms with Gasteiger partial charge in [-0.05, 0) is 37.3 Å². The summed E-state index contributed by atoms with van der Waals surface area (Å²) in [5, 5.41) is 3.32. The maximum Gasteiger partial charge on any atom is 0.255 e. The summed E-state index contributed by atoms with van der Waals surface area (Å²) >= 11 is 5.76. The molecule has 0 aliphatic rings. The fraction of sp³-hybridized carbons (Fsp3) is 0.143. The molecule has 0 radical (unpaired) electrons. The minimum atomic E-state index is -0.238. The fourth-order valence-corrected chi connectivity index (χ4v) is 1.78. The van der Waals surface area contributed by atoms with E-state index in [9.17, 15) is 9.59 Å². The molecule has 1 heterocycles. The lowest BCUT2D eigenvalue weighted by Gasteiger charge is -2.08. The van der Waals surface area contributed by atoms with Crippen LogP contribution in [0.2, 0.25) is 5.02 Å². The van der Waals surface area contributed by atoms with E-state index in [1.807, 2.05) is 6.92 Å². The van der Waals surface area contributed by atoms with Crippen molar-refractivity contribution in [2.45, 2.75) is 13.5 Å². The number of nitrogens with one attached hydrogen (secondary N) is 1. The summed E-state index contributed by atoms with van der Waals surface area (Å²) < 4.78 is 1.53. The van der Waals surface area contributed by atoms with Crippen molar-refractivity contribution >= 4 is 23.2 Å². The predicted molar refractivity (Wildman–Crippen MR) is 75.8 cm³/mol. The molecule has 0 spiro atoms. The van der Waals surface area contributed by atoms with Crippen molar-refractivity contribution in [2.24, 2.45) is 0 Å². The summed E-state index contributed by atoms with van der Waals surface area (Å²) in [5.41, 5.74) is 1.01. The number of carbonyl (C=O) groups excluding carboxylic acids is 1. The standard InChI is InChI=1S/C14H13ClN2O2/c1-2-17-9-12(7-8-13(17)18)16-14(19)10-3-5-11(15)6-4-10/h3-9H,2H2,1H3,(H,16,19). The molecular formula is C14H13ClN2O2. The molecule has 2 rings (SSSR count). The Bertz CT molecular complexity index is 647. The first-order chi connectivity index (χ1) is 9.10. The molecule has 1 N–H and O–H groups in total. The number of hydrogen-bond acceptors (Lipinski definition) is 2. The van der Waals surface area contributed by atoms with Crippen LogP contribution in [0.4, 0.5) is 5.69 Å². The molecule has 0 saturated heterocycles. The Kier molecular flexibility index (Phi) is 4.02. The number of anilines is 1. The smallest absolute Gasteiger partial charge is 0.255 e. The van der Waals surface area contributed by atoms with Crippen molar-refractivity contribution in [3.63, 3.8) is 0 Å². The van der Waals surface area contributed by atoms with E-state index in [-0.39, 0.29) is 11.5 Å². The van der Waals surface area contributed by atoms with Crippen LogP contribution in [-0.4, -0.2) is 10.5 Å². The van der Waals surface area contributed by atoms with Crippen molar-refractivity contribution < 1.29 is 4.79 Å². The number of aryl methyl sites for hydroxylation is 1. The number of nitrogens with zero attached hydrogens (tertiary/aromatic N) is 1. The normalized spacial score (nSPS) is 10.2. The summed E-state index contributed by atoms with van der Waals surface area (Å²) in [6.45, 7) is 2.43. The molecule has 1 amide bonds. The van der Waals surface area contributed by atoms with Crippen LogP contribution in [0.25, 0.3) is 0 Å². The van der Waals surface area contributed by atoms with Gasteiger partial charge in [-0.1, -0.05) is 11.6 Å². The predicted octanol–water partition coefficient (Wildman–Crippen LogP) is 2.77. The molecule has 0 aliphatic heterocycles. The molecule has 0 aliphatic carbocycles. The van der Waals surface area contributed by atoms with Gasteiger partial charge >= 0.3 is 0 Å². The molecule has 1 aromatic carbocycles. The van der Waals surface area contributed by atoms with E-state index in [0.717, 1.165) is 0 Å². The van der Waals surface area contributed by atoms with Crippen LogP contribution in [0.15, 0.2) is 47.4 Å². The molecule has 0 bridgehead atoms. The molecule has 98 valence electrons. The van der Waals surface area contributed by atoms with E-state index in [1.54, 1.807) is 36.5 Å². The van der Waals surface area contributed by atoms with Crippen LogP contribution in [0.1, 0.15) is 17.3 Å². The number of hydrogen-bond donors (Lipinski definition) is 1. The highest BCUT2D eigenvalue weighted by molar-refractivity contribution is 6.30. The maximum absolute atomic E-state index is 12.0. The van der Waals surface area contributed by atoms with Crippen LogP contribution in [0.5, 0.6) is 0 Å². The van der Waals surface area contributed by atoms with Crippen molar-refractivity contribution in [1.82, 2.24) is 4.57 Å². The Morgan fingerprint density at radius 1 is 1.21 bits per heavy atom. The second-order valence-corrected chi connectivity index (χ2v) is 4.44. The molecule has 5 heteroatoms. The first kappa shape index (κ1) is 13.4. The van der Waals surface area contributed by atoms with Gasteiger partial charge in [0.2, 0.25) is 0 Å². The van der Waals surface area contributed by atoms with Crippen LogP contribution in [-0.2, 0) is 6.54 Å². The monoisotopic (exact) mass is 276 g/mol. The van der Waals surface area contributed by atoms with Gasteiger partial charge in [0.1, 0.15) is 0 Å². The zero-order valence-corrected chi connectivity index (χ0v) is 11.1. The molecule has 0 unspecified atom stereocenters. The summed E-state index contributed by atoms with van der Waals surface area (Å²) in [6.07, 6.45) is 1.62. The summed E-state index contributed by atoms with van der Waals surface area (Å²) in [5.74, 6) is -0.238. The minimum Gasteiger partial charge on any atom is -0.321 e. The van der Waals surface area contributed by atoms with Gasteiger partial charge in [0, 0.05) is 29.4 Å². The zero-order valence-electron chi connectivity index (χ0n) is 10.4. The van der Waals surface area contributed by atoms with E-state index in [2.05, 4.69) is 5.32 Å². The fourth-order valence-electron chi connectivity index (χ4n) is 1.66. The minimum absolute atomic E-state index is 0.0907. The quantitative estimate of drug-likeness (QED) is 0.937. The van der Waals surface area contributed by atoms with E-state index >= 15 is 0 Å². The summed E-state index contributed by atoms with van der Waals surface area (Å²) in [4.78, 5) is 23.4. The molecule has 2 aromatic rings. The number of aromatic nitrogens is 1. The Morgan fingerprint density at radius 3 is 2.53 bits per heavy atom. The van der Waals surface area contributed by atoms with Crippen LogP contribution in [0.3, 0.4) is 0 Å². The van der Waals surface area contributed by atoms with Crippen molar-refractivity contribution in [3.05, 3.63) is 63.5 Å². The summed E-state index contributed by atoms with van der Waals surface area (Å²) in [7, 11) is 0. The number of carbonyl (C=O) groups is 1. The van der Waals surface area contributed by atoms with E-state index in [0.29, 0.717) is 22.8 Å². The second-order valence-electron chi connectivity index (χ2n) is 4.00. The topological polar surface area (TPSA) is 51.1 Å². The molecule has 0 fully saturated rings. The third-order valence-corrected chi connectivity index (χ3v) is 2.94. The Balaban J connectivity index is 2.19. The van der Waals surface area contributed by atoms with Gasteiger partial charge in [-0.2, -0.15) is 0 Å². The van der Waals surface area contributed by atoms with Gasteiger partial charge in [0.15, 0.2) is 0 Å². The average molecular weight is 277 g/mol. The SMILES string of the molecule is CCn1cc(NC(=O)c2ccc(Cl)cc2)ccc1=O. The van der Waals surface area contributed by atoms with Crippen LogP contribution in [0, 0.1) is 0 Å². The number of benzene rings is 1. The van der Waals surface area contributed by atoms with Gasteiger partial charge in [-0.15, -0.1) is 0 Å². The van der Waals surface area contributed by atoms with Gasteiger partial charge in [0.25, 0.3) is 11.5 Å². The van der Waals surface area contributed by atoms with Gasteiger partial charge in [-0.25, -0.2) is 0 Å². The van der Waals surface area contributed by atoms with Crippen molar-refractivity contribution in [1.29, 1.82) is 0 Å². The number of halogens is 1. The Morgan fingerprint density at radius 2 is 1.89 bits per heavy atom. The number of pyridine rings is 1. The summed E-state index contributed by atoms with van der Waals surface area (Å²) in [6, 6.07) is 9.62. The third kappa shape index (κ3) is 3.23. The Hall–Kier alpha value is -2.07. The average Bonchev–Trinajstić information content (AvgIpc) is 2.41.